The second kappa shape index (κ2) is 18.9. The molecule has 0 saturated heterocycles. The van der Waals surface area contributed by atoms with Crippen molar-refractivity contribution < 1.29 is 37.9 Å². The fraction of sp³-hybridized carbons (Fsp3) is 0.417. The van der Waals surface area contributed by atoms with E-state index in [9.17, 15) is 28.8 Å². The molecule has 3 rings (SSSR count). The minimum atomic E-state index is -1.27. The summed E-state index contributed by atoms with van der Waals surface area (Å²) in [5.74, 6) is -2.81. The number of nitrogens with one attached hydrogen (secondary N) is 4. The molecule has 280 valence electrons. The van der Waals surface area contributed by atoms with Crippen LogP contribution in [0.25, 0.3) is 11.0 Å². The van der Waals surface area contributed by atoms with E-state index in [1.54, 1.807) is 64.1 Å². The van der Waals surface area contributed by atoms with Crippen molar-refractivity contribution in [1.82, 2.24) is 16.0 Å². The van der Waals surface area contributed by atoms with Crippen molar-refractivity contribution in [2.75, 3.05) is 11.9 Å². The molecule has 8 N–H and O–H groups in total. The maximum Gasteiger partial charge on any atom is 0.408 e. The van der Waals surface area contributed by atoms with Gasteiger partial charge in [0.1, 0.15) is 35.9 Å². The van der Waals surface area contributed by atoms with Crippen LogP contribution in [0, 0.1) is 6.92 Å². The molecular formula is C36H47N7O9. The second-order valence-electron chi connectivity index (χ2n) is 13.1. The Morgan fingerprint density at radius 2 is 1.58 bits per heavy atom. The molecule has 3 unspecified atom stereocenters. The van der Waals surface area contributed by atoms with Crippen molar-refractivity contribution in [2.24, 2.45) is 16.5 Å². The van der Waals surface area contributed by atoms with Crippen molar-refractivity contribution in [2.45, 2.75) is 90.6 Å². The maximum atomic E-state index is 13.4. The third kappa shape index (κ3) is 13.8. The lowest BCUT2D eigenvalue weighted by atomic mass is 10.1. The molecule has 0 radical (unpaired) electrons. The van der Waals surface area contributed by atoms with Crippen LogP contribution in [0.2, 0.25) is 0 Å². The molecule has 1 aromatic heterocycles. The van der Waals surface area contributed by atoms with E-state index in [0.29, 0.717) is 23.1 Å². The average Bonchev–Trinajstić information content (AvgIpc) is 3.06. The molecule has 0 bridgehead atoms. The number of nitrogens with two attached hydrogens (primary N) is 2. The average molecular weight is 722 g/mol. The maximum absolute atomic E-state index is 13.4. The van der Waals surface area contributed by atoms with E-state index in [0.717, 1.165) is 5.56 Å². The van der Waals surface area contributed by atoms with Gasteiger partial charge in [-0.05, 0) is 77.1 Å². The van der Waals surface area contributed by atoms with E-state index in [1.165, 1.54) is 19.1 Å². The number of hydrogen-bond acceptors (Lipinski definition) is 10. The summed E-state index contributed by atoms with van der Waals surface area (Å²) in [6.07, 6.45) is -0.857. The Labute approximate surface area is 301 Å². The summed E-state index contributed by atoms with van der Waals surface area (Å²) >= 11 is 0. The quantitative estimate of drug-likeness (QED) is 0.0412. The molecule has 3 aromatic rings. The normalized spacial score (nSPS) is 12.8. The Morgan fingerprint density at radius 3 is 2.25 bits per heavy atom. The highest BCUT2D eigenvalue weighted by atomic mass is 16.6. The van der Waals surface area contributed by atoms with Crippen molar-refractivity contribution in [3.8, 4) is 0 Å². The third-order valence-electron chi connectivity index (χ3n) is 7.44. The van der Waals surface area contributed by atoms with Crippen LogP contribution in [0.1, 0.15) is 64.5 Å². The predicted molar refractivity (Wildman–Crippen MR) is 194 cm³/mol. The topological polar surface area (TPSA) is 247 Å². The van der Waals surface area contributed by atoms with E-state index in [2.05, 4.69) is 26.3 Å². The number of hydrogen-bond donors (Lipinski definition) is 6. The summed E-state index contributed by atoms with van der Waals surface area (Å²) in [6.45, 7) is 8.32. The Kier molecular flexibility index (Phi) is 14.7. The number of esters is 1. The zero-order chi connectivity index (χ0) is 38.4. The fourth-order valence-corrected chi connectivity index (χ4v) is 4.87. The van der Waals surface area contributed by atoms with Crippen molar-refractivity contribution in [3.63, 3.8) is 0 Å². The molecular weight excluding hydrogens is 674 g/mol. The molecule has 4 amide bonds. The largest absolute Gasteiger partial charge is 0.461 e. The zero-order valence-corrected chi connectivity index (χ0v) is 29.9. The lowest BCUT2D eigenvalue weighted by molar-refractivity contribution is -0.145. The van der Waals surface area contributed by atoms with E-state index >= 15 is 0 Å². The fourth-order valence-electron chi connectivity index (χ4n) is 4.87. The number of amides is 4. The first-order chi connectivity index (χ1) is 24.5. The van der Waals surface area contributed by atoms with Gasteiger partial charge in [-0.3, -0.25) is 24.2 Å². The van der Waals surface area contributed by atoms with Gasteiger partial charge in [-0.1, -0.05) is 30.3 Å². The first-order valence-corrected chi connectivity index (χ1v) is 16.7. The zero-order valence-electron chi connectivity index (χ0n) is 29.9. The first-order valence-electron chi connectivity index (χ1n) is 16.7. The summed E-state index contributed by atoms with van der Waals surface area (Å²) in [7, 11) is 0. The van der Waals surface area contributed by atoms with Crippen molar-refractivity contribution in [1.29, 1.82) is 0 Å². The summed E-state index contributed by atoms with van der Waals surface area (Å²) in [5.41, 5.74) is 11.5. The van der Waals surface area contributed by atoms with Gasteiger partial charge >= 0.3 is 17.7 Å². The van der Waals surface area contributed by atoms with Gasteiger partial charge in [0, 0.05) is 36.2 Å². The molecule has 16 heteroatoms. The van der Waals surface area contributed by atoms with Crippen LogP contribution >= 0.6 is 0 Å². The van der Waals surface area contributed by atoms with Gasteiger partial charge in [0.25, 0.3) is 0 Å². The predicted octanol–water partition coefficient (Wildman–Crippen LogP) is 2.50. The van der Waals surface area contributed by atoms with Crippen LogP contribution < -0.4 is 38.4 Å². The Bertz CT molecular complexity index is 1820. The lowest BCUT2D eigenvalue weighted by Crippen LogP contribution is -2.55. The van der Waals surface area contributed by atoms with Gasteiger partial charge in [-0.15, -0.1) is 0 Å². The van der Waals surface area contributed by atoms with Gasteiger partial charge in [0.15, 0.2) is 5.96 Å². The molecule has 3 atom stereocenters. The van der Waals surface area contributed by atoms with E-state index < -0.39 is 59.1 Å². The number of carbonyl (C=O) groups excluding carboxylic acids is 5. The van der Waals surface area contributed by atoms with E-state index in [-0.39, 0.29) is 44.0 Å². The van der Waals surface area contributed by atoms with Gasteiger partial charge in [-0.25, -0.2) is 9.59 Å². The molecule has 0 saturated carbocycles. The van der Waals surface area contributed by atoms with Crippen LogP contribution in [-0.2, 0) is 35.3 Å². The van der Waals surface area contributed by atoms with Crippen LogP contribution in [0.5, 0.6) is 0 Å². The van der Waals surface area contributed by atoms with Gasteiger partial charge in [0.05, 0.1) is 0 Å². The van der Waals surface area contributed by atoms with Gasteiger partial charge < -0.3 is 46.6 Å². The number of rotatable bonds is 16. The molecule has 16 nitrogen and oxygen atoms in total. The molecule has 52 heavy (non-hydrogen) atoms. The van der Waals surface area contributed by atoms with Gasteiger partial charge in [0.2, 0.25) is 17.7 Å². The minimum absolute atomic E-state index is 0.0326. The summed E-state index contributed by atoms with van der Waals surface area (Å²) in [4.78, 5) is 81.1. The number of anilines is 1. The Hall–Kier alpha value is -5.93. The lowest BCUT2D eigenvalue weighted by Gasteiger charge is -2.25. The molecule has 0 aliphatic carbocycles. The molecule has 0 aliphatic heterocycles. The number of alkyl carbamates (subject to hydrolysis) is 1. The summed E-state index contributed by atoms with van der Waals surface area (Å²) in [5, 5.41) is 11.0. The Morgan fingerprint density at radius 1 is 0.885 bits per heavy atom. The van der Waals surface area contributed by atoms with E-state index in [4.69, 9.17) is 25.4 Å². The molecule has 1 heterocycles. The number of carbonyl (C=O) groups is 5. The second-order valence-corrected chi connectivity index (χ2v) is 13.1. The molecule has 0 fully saturated rings. The molecule has 0 aliphatic rings. The van der Waals surface area contributed by atoms with Crippen LogP contribution in [-0.4, -0.2) is 66.0 Å². The monoisotopic (exact) mass is 721 g/mol. The highest BCUT2D eigenvalue weighted by Crippen LogP contribution is 2.21. The molecule has 0 spiro atoms. The summed E-state index contributed by atoms with van der Waals surface area (Å²) in [6, 6.07) is 11.6. The Balaban J connectivity index is 1.69. The third-order valence-corrected chi connectivity index (χ3v) is 7.44. The number of aryl methyl sites for hydroxylation is 1. The first kappa shape index (κ1) is 40.5. The van der Waals surface area contributed by atoms with Crippen LogP contribution in [0.4, 0.5) is 10.5 Å². The smallest absolute Gasteiger partial charge is 0.408 e. The van der Waals surface area contributed by atoms with E-state index in [1.807, 2.05) is 6.07 Å². The van der Waals surface area contributed by atoms with Crippen LogP contribution in [0.15, 0.2) is 68.8 Å². The highest BCUT2D eigenvalue weighted by Gasteiger charge is 2.29. The highest BCUT2D eigenvalue weighted by molar-refractivity contribution is 6.00. The minimum Gasteiger partial charge on any atom is -0.461 e. The molecule has 2 aromatic carbocycles. The van der Waals surface area contributed by atoms with Crippen molar-refractivity contribution >= 4 is 52.4 Å². The number of aliphatic imine (C=N–C) groups is 1. The SMILES string of the molecule is Cc1cc(=O)oc2cc(NC(=O)C(CCCN=C(N)N)NC(=O)C(C)NC(=O)C(CCC(=O)OCc3ccccc3)NC(=O)OC(C)(C)C)ccc12. The van der Waals surface area contributed by atoms with Crippen molar-refractivity contribution in [3.05, 3.63) is 76.1 Å². The van der Waals surface area contributed by atoms with Gasteiger partial charge in [-0.2, -0.15) is 0 Å². The standard InChI is InChI=1S/C36H47N7O9/c1-21-18-30(45)51-28-19-24(13-14-25(21)28)41-33(48)26(12-9-17-39-34(37)38)42-31(46)22(2)40-32(47)27(43-35(49)52-36(3,4)5)15-16-29(44)50-20-23-10-7-6-8-11-23/h6-8,10-11,13-14,18-19,22,26-27H,9,12,15-17,20H2,1-5H3,(H,40,47)(H,41,48)(H,42,46)(H,43,49)(H4,37,38,39). The number of benzene rings is 2. The number of ether oxygens (including phenoxy) is 2. The van der Waals surface area contributed by atoms with Crippen LogP contribution in [0.3, 0.4) is 0 Å². The summed E-state index contributed by atoms with van der Waals surface area (Å²) < 4.78 is 15.9. The number of fused-ring (bicyclic) bond motifs is 1. The number of guanidine groups is 1. The number of nitrogens with zero attached hydrogens (tertiary/aromatic N) is 1.